The highest BCUT2D eigenvalue weighted by Gasteiger charge is 2.40. The highest BCUT2D eigenvalue weighted by molar-refractivity contribution is 6.31. The lowest BCUT2D eigenvalue weighted by atomic mass is 9.87. The quantitative estimate of drug-likeness (QED) is 0.871. The predicted octanol–water partition coefficient (Wildman–Crippen LogP) is 3.58. The summed E-state index contributed by atoms with van der Waals surface area (Å²) in [5, 5.41) is 4.17. The van der Waals surface area contributed by atoms with E-state index >= 15 is 0 Å². The molecule has 2 unspecified atom stereocenters. The topological polar surface area (TPSA) is 39.7 Å². The van der Waals surface area contributed by atoms with Crippen LogP contribution in [-0.2, 0) is 4.74 Å². The van der Waals surface area contributed by atoms with Crippen LogP contribution in [0.1, 0.15) is 38.3 Å². The van der Waals surface area contributed by atoms with Gasteiger partial charge in [0.25, 0.3) is 0 Å². The number of hydrogen-bond acceptors (Lipinski definition) is 4. The zero-order chi connectivity index (χ0) is 15.5. The zero-order valence-electron chi connectivity index (χ0n) is 13.2. The van der Waals surface area contributed by atoms with Crippen LogP contribution in [0.25, 0.3) is 0 Å². The van der Waals surface area contributed by atoms with Crippen LogP contribution in [0, 0.1) is 0 Å². The molecule has 0 aromatic heterocycles. The number of methoxy groups -OCH3 is 2. The second kappa shape index (κ2) is 6.86. The van der Waals surface area contributed by atoms with Crippen molar-refractivity contribution in [2.45, 2.75) is 38.3 Å². The monoisotopic (exact) mass is 313 g/mol. The number of halogens is 1. The third kappa shape index (κ3) is 3.28. The molecule has 1 saturated heterocycles. The van der Waals surface area contributed by atoms with Gasteiger partial charge in [-0.05, 0) is 37.9 Å². The molecular formula is C16H24ClNO3. The number of ether oxygens (including phenoxy) is 3. The van der Waals surface area contributed by atoms with E-state index in [1.807, 2.05) is 6.07 Å². The third-order valence-electron chi connectivity index (χ3n) is 4.08. The van der Waals surface area contributed by atoms with Crippen molar-refractivity contribution in [3.63, 3.8) is 0 Å². The Morgan fingerprint density at radius 1 is 1.33 bits per heavy atom. The van der Waals surface area contributed by atoms with E-state index in [1.165, 1.54) is 0 Å². The molecule has 1 aromatic rings. The minimum absolute atomic E-state index is 0.0253. The van der Waals surface area contributed by atoms with E-state index in [0.717, 1.165) is 31.6 Å². The normalized spacial score (nSPS) is 23.1. The summed E-state index contributed by atoms with van der Waals surface area (Å²) in [6, 6.07) is 3.78. The predicted molar refractivity (Wildman–Crippen MR) is 84.6 cm³/mol. The van der Waals surface area contributed by atoms with Crippen molar-refractivity contribution in [2.75, 3.05) is 27.4 Å². The summed E-state index contributed by atoms with van der Waals surface area (Å²) < 4.78 is 16.7. The highest BCUT2D eigenvalue weighted by atomic mass is 35.5. The molecule has 1 aromatic carbocycles. The maximum absolute atomic E-state index is 6.48. The van der Waals surface area contributed by atoms with Gasteiger partial charge in [-0.25, -0.2) is 0 Å². The van der Waals surface area contributed by atoms with Crippen molar-refractivity contribution in [2.24, 2.45) is 0 Å². The fraction of sp³-hybridized carbons (Fsp3) is 0.625. The zero-order valence-corrected chi connectivity index (χ0v) is 13.9. The second-order valence-corrected chi connectivity index (χ2v) is 5.89. The van der Waals surface area contributed by atoms with Crippen LogP contribution in [0.4, 0.5) is 0 Å². The van der Waals surface area contributed by atoms with E-state index in [1.54, 1.807) is 20.3 Å². The van der Waals surface area contributed by atoms with E-state index in [4.69, 9.17) is 25.8 Å². The Kier molecular flexibility index (Phi) is 5.36. The lowest BCUT2D eigenvalue weighted by Crippen LogP contribution is -2.41. The highest BCUT2D eigenvalue weighted by Crippen LogP contribution is 2.43. The molecule has 0 aliphatic carbocycles. The van der Waals surface area contributed by atoms with Gasteiger partial charge in [0.2, 0.25) is 0 Å². The summed E-state index contributed by atoms with van der Waals surface area (Å²) in [4.78, 5) is 0. The van der Waals surface area contributed by atoms with Gasteiger partial charge in [0, 0.05) is 17.7 Å². The summed E-state index contributed by atoms with van der Waals surface area (Å²) in [7, 11) is 3.24. The molecule has 2 atom stereocenters. The molecule has 1 N–H and O–H groups in total. The average molecular weight is 314 g/mol. The van der Waals surface area contributed by atoms with Gasteiger partial charge in [0.15, 0.2) is 11.5 Å². The van der Waals surface area contributed by atoms with E-state index < -0.39 is 0 Å². The molecule has 21 heavy (non-hydrogen) atoms. The Morgan fingerprint density at radius 2 is 2.00 bits per heavy atom. The molecule has 118 valence electrons. The lowest BCUT2D eigenvalue weighted by molar-refractivity contribution is -0.0121. The molecule has 0 spiro atoms. The maximum Gasteiger partial charge on any atom is 0.162 e. The standard InChI is InChI=1S/C16H24ClNO3/c1-5-18-15(16(2)7-6-8-21-16)11-9-13(19-3)14(20-4)10-12(11)17/h9-10,15,18H,5-8H2,1-4H3. The molecule has 0 amide bonds. The van der Waals surface area contributed by atoms with Crippen molar-refractivity contribution in [1.82, 2.24) is 5.32 Å². The first-order chi connectivity index (χ1) is 10.1. The van der Waals surface area contributed by atoms with Gasteiger partial charge in [-0.2, -0.15) is 0 Å². The fourth-order valence-electron chi connectivity index (χ4n) is 2.98. The Labute approximate surface area is 131 Å². The maximum atomic E-state index is 6.48. The molecule has 2 rings (SSSR count). The van der Waals surface area contributed by atoms with Crippen LogP contribution >= 0.6 is 11.6 Å². The Bertz CT molecular complexity index is 487. The number of benzene rings is 1. The van der Waals surface area contributed by atoms with E-state index in [0.29, 0.717) is 16.5 Å². The van der Waals surface area contributed by atoms with Crippen molar-refractivity contribution >= 4 is 11.6 Å². The molecule has 0 saturated carbocycles. The van der Waals surface area contributed by atoms with Gasteiger partial charge in [0.1, 0.15) is 0 Å². The van der Waals surface area contributed by atoms with Crippen molar-refractivity contribution in [3.05, 3.63) is 22.7 Å². The van der Waals surface area contributed by atoms with Crippen molar-refractivity contribution < 1.29 is 14.2 Å². The minimum atomic E-state index is -0.251. The van der Waals surface area contributed by atoms with E-state index in [-0.39, 0.29) is 11.6 Å². The minimum Gasteiger partial charge on any atom is -0.493 e. The van der Waals surface area contributed by atoms with E-state index in [2.05, 4.69) is 19.2 Å². The molecular weight excluding hydrogens is 290 g/mol. The van der Waals surface area contributed by atoms with Gasteiger partial charge in [-0.1, -0.05) is 18.5 Å². The number of likely N-dealkylation sites (N-methyl/N-ethyl adjacent to an activating group) is 1. The number of nitrogens with one attached hydrogen (secondary N) is 1. The first-order valence-electron chi connectivity index (χ1n) is 7.34. The van der Waals surface area contributed by atoms with Crippen LogP contribution in [0.2, 0.25) is 5.02 Å². The van der Waals surface area contributed by atoms with Gasteiger partial charge in [-0.15, -0.1) is 0 Å². The largest absolute Gasteiger partial charge is 0.493 e. The summed E-state index contributed by atoms with van der Waals surface area (Å²) in [6.07, 6.45) is 2.08. The van der Waals surface area contributed by atoms with Crippen LogP contribution in [0.15, 0.2) is 12.1 Å². The second-order valence-electron chi connectivity index (χ2n) is 5.48. The summed E-state index contributed by atoms with van der Waals surface area (Å²) in [6.45, 7) is 5.86. The van der Waals surface area contributed by atoms with Gasteiger partial charge in [-0.3, -0.25) is 0 Å². The molecule has 1 aliphatic heterocycles. The van der Waals surface area contributed by atoms with Gasteiger partial charge in [0.05, 0.1) is 25.9 Å². The van der Waals surface area contributed by atoms with Crippen LogP contribution in [-0.4, -0.2) is 33.0 Å². The smallest absolute Gasteiger partial charge is 0.162 e. The molecule has 0 radical (unpaired) electrons. The summed E-state index contributed by atoms with van der Waals surface area (Å²) >= 11 is 6.48. The average Bonchev–Trinajstić information content (AvgIpc) is 2.92. The van der Waals surface area contributed by atoms with Crippen molar-refractivity contribution in [1.29, 1.82) is 0 Å². The third-order valence-corrected chi connectivity index (χ3v) is 4.41. The van der Waals surface area contributed by atoms with Crippen molar-refractivity contribution in [3.8, 4) is 11.5 Å². The van der Waals surface area contributed by atoms with Gasteiger partial charge < -0.3 is 19.5 Å². The Morgan fingerprint density at radius 3 is 2.52 bits per heavy atom. The van der Waals surface area contributed by atoms with Gasteiger partial charge >= 0.3 is 0 Å². The summed E-state index contributed by atoms with van der Waals surface area (Å²) in [5.74, 6) is 1.32. The van der Waals surface area contributed by atoms with Crippen LogP contribution in [0.5, 0.6) is 11.5 Å². The lowest BCUT2D eigenvalue weighted by Gasteiger charge is -2.35. The fourth-order valence-corrected chi connectivity index (χ4v) is 3.24. The SMILES string of the molecule is CCNC(c1cc(OC)c(OC)cc1Cl)C1(C)CCCO1. The molecule has 1 fully saturated rings. The first-order valence-corrected chi connectivity index (χ1v) is 7.72. The van der Waals surface area contributed by atoms with Crippen LogP contribution in [0.3, 0.4) is 0 Å². The first kappa shape index (κ1) is 16.4. The number of hydrogen-bond donors (Lipinski definition) is 1. The Hall–Kier alpha value is -0.970. The van der Waals surface area contributed by atoms with E-state index in [9.17, 15) is 0 Å². The molecule has 1 aliphatic rings. The molecule has 5 heteroatoms. The summed E-state index contributed by atoms with van der Waals surface area (Å²) in [5.41, 5.74) is 0.736. The number of rotatable bonds is 6. The molecule has 4 nitrogen and oxygen atoms in total. The molecule has 1 heterocycles. The Balaban J connectivity index is 2.44. The van der Waals surface area contributed by atoms with Crippen LogP contribution < -0.4 is 14.8 Å². The molecule has 0 bridgehead atoms.